The van der Waals surface area contributed by atoms with Gasteiger partial charge in [-0.25, -0.2) is 9.79 Å². The Morgan fingerprint density at radius 1 is 1.39 bits per heavy atom. The number of nitrogens with zero attached hydrogens (tertiary/aromatic N) is 3. The van der Waals surface area contributed by atoms with E-state index in [0.29, 0.717) is 19.0 Å². The summed E-state index contributed by atoms with van der Waals surface area (Å²) in [7, 11) is 0. The van der Waals surface area contributed by atoms with Gasteiger partial charge in [-0.1, -0.05) is 24.3 Å². The number of ether oxygens (including phenoxy) is 1. The highest BCUT2D eigenvalue weighted by Gasteiger charge is 2.28. The van der Waals surface area contributed by atoms with Crippen molar-refractivity contribution in [2.24, 2.45) is 10.7 Å². The van der Waals surface area contributed by atoms with Crippen molar-refractivity contribution in [2.75, 3.05) is 12.0 Å². The Morgan fingerprint density at radius 3 is 2.88 bits per heavy atom. The Kier molecular flexibility index (Phi) is 6.16. The van der Waals surface area contributed by atoms with Crippen LogP contribution < -0.4 is 16.4 Å². The molecule has 0 unspecified atom stereocenters. The zero-order valence-corrected chi connectivity index (χ0v) is 20.4. The van der Waals surface area contributed by atoms with Gasteiger partial charge in [0.2, 0.25) is 0 Å². The summed E-state index contributed by atoms with van der Waals surface area (Å²) in [5.74, 6) is 1.26. The molecule has 3 aromatic rings. The number of amidine groups is 1. The van der Waals surface area contributed by atoms with Gasteiger partial charge in [0.25, 0.3) is 0 Å². The summed E-state index contributed by atoms with van der Waals surface area (Å²) in [6, 6.07) is 9.65. The Labute approximate surface area is 201 Å². The molecule has 4 rings (SSSR count). The maximum Gasteiger partial charge on any atom is 0.408 e. The number of halogens is 1. The third-order valence-corrected chi connectivity index (χ3v) is 6.02. The minimum Gasteiger partial charge on any atom is -0.444 e. The lowest BCUT2D eigenvalue weighted by atomic mass is 10.0. The van der Waals surface area contributed by atoms with Crippen LogP contribution in [0.1, 0.15) is 26.3 Å². The van der Waals surface area contributed by atoms with Gasteiger partial charge in [-0.15, -0.1) is 6.58 Å². The Morgan fingerprint density at radius 2 is 2.15 bits per heavy atom. The van der Waals surface area contributed by atoms with Gasteiger partial charge >= 0.3 is 6.09 Å². The van der Waals surface area contributed by atoms with Crippen LogP contribution >= 0.6 is 15.9 Å². The maximum absolute atomic E-state index is 12.3. The minimum absolute atomic E-state index is 0.364. The summed E-state index contributed by atoms with van der Waals surface area (Å²) in [6.45, 7) is 10.1. The van der Waals surface area contributed by atoms with Gasteiger partial charge < -0.3 is 25.7 Å². The number of anilines is 1. The molecule has 0 saturated heterocycles. The molecule has 3 heterocycles. The molecule has 1 aliphatic heterocycles. The first kappa shape index (κ1) is 22.8. The Balaban J connectivity index is 1.74. The first-order valence-electron chi connectivity index (χ1n) is 10.6. The molecule has 0 bridgehead atoms. The van der Waals surface area contributed by atoms with Gasteiger partial charge in [0.05, 0.1) is 21.7 Å². The van der Waals surface area contributed by atoms with E-state index in [-0.39, 0.29) is 6.04 Å². The average Bonchev–Trinajstić information content (AvgIpc) is 3.04. The van der Waals surface area contributed by atoms with E-state index in [2.05, 4.69) is 49.2 Å². The number of fused-ring (bicyclic) bond motifs is 2. The molecule has 0 fully saturated rings. The molecular weight excluding hydrogens is 484 g/mol. The second-order valence-electron chi connectivity index (χ2n) is 8.78. The molecule has 9 heteroatoms. The lowest BCUT2D eigenvalue weighted by Gasteiger charge is -2.24. The van der Waals surface area contributed by atoms with Crippen LogP contribution in [0.2, 0.25) is 0 Å². The van der Waals surface area contributed by atoms with Crippen molar-refractivity contribution in [2.45, 2.75) is 39.0 Å². The molecule has 4 N–H and O–H groups in total. The SMILES string of the molecule is C=C[C@H](Cn1c(Br)c(-c2cnc3ccccc3c2)c2c1NCN=C2N)NC(=O)OC(C)(C)C. The third-order valence-electron chi connectivity index (χ3n) is 5.20. The molecule has 0 aliphatic carbocycles. The number of carbonyl (C=O) groups is 1. The lowest BCUT2D eigenvalue weighted by molar-refractivity contribution is 0.0511. The molecule has 172 valence electrons. The average molecular weight is 511 g/mol. The van der Waals surface area contributed by atoms with E-state index >= 15 is 0 Å². The fraction of sp³-hybridized carbons (Fsp3) is 0.292. The molecular formula is C24H27BrN6O2. The Hall–Kier alpha value is -3.33. The minimum atomic E-state index is -0.592. The standard InChI is InChI=1S/C24H27BrN6O2/c1-5-16(30-23(32)33-24(2,3)4)12-31-20(25)18(19-21(26)28-13-29-22(19)31)15-10-14-8-6-7-9-17(14)27-11-15/h5-11,16,29H,1,12-13H2,2-4H3,(H2,26,28)(H,30,32)/t16-/m1/s1. The van der Waals surface area contributed by atoms with Gasteiger partial charge in [0.15, 0.2) is 0 Å². The van der Waals surface area contributed by atoms with Crippen molar-refractivity contribution in [1.82, 2.24) is 14.9 Å². The summed E-state index contributed by atoms with van der Waals surface area (Å²) in [6.07, 6.45) is 3.01. The van der Waals surface area contributed by atoms with Crippen LogP contribution in [0.5, 0.6) is 0 Å². The first-order chi connectivity index (χ1) is 15.7. The molecule has 0 saturated carbocycles. The van der Waals surface area contributed by atoms with E-state index in [0.717, 1.165) is 38.0 Å². The van der Waals surface area contributed by atoms with Gasteiger partial charge in [0.1, 0.15) is 23.9 Å². The lowest BCUT2D eigenvalue weighted by Crippen LogP contribution is -2.40. The van der Waals surface area contributed by atoms with E-state index in [9.17, 15) is 4.79 Å². The fourth-order valence-electron chi connectivity index (χ4n) is 3.78. The fourth-order valence-corrected chi connectivity index (χ4v) is 4.53. The van der Waals surface area contributed by atoms with Gasteiger partial charge in [-0.3, -0.25) is 4.98 Å². The van der Waals surface area contributed by atoms with Crippen molar-refractivity contribution < 1.29 is 9.53 Å². The largest absolute Gasteiger partial charge is 0.444 e. The summed E-state index contributed by atoms with van der Waals surface area (Å²) < 4.78 is 8.22. The molecule has 0 spiro atoms. The van der Waals surface area contributed by atoms with Crippen molar-refractivity contribution in [3.63, 3.8) is 0 Å². The second kappa shape index (κ2) is 8.90. The van der Waals surface area contributed by atoms with E-state index in [1.54, 1.807) is 6.08 Å². The third kappa shape index (κ3) is 4.73. The first-order valence-corrected chi connectivity index (χ1v) is 11.4. The van der Waals surface area contributed by atoms with Crippen LogP contribution in [-0.4, -0.2) is 39.8 Å². The topological polar surface area (TPSA) is 107 Å². The highest BCUT2D eigenvalue weighted by atomic mass is 79.9. The number of amides is 1. The Bertz CT molecular complexity index is 1260. The number of pyridine rings is 1. The number of benzene rings is 1. The number of alkyl carbamates (subject to hydrolysis) is 1. The van der Waals surface area contributed by atoms with E-state index in [4.69, 9.17) is 10.5 Å². The maximum atomic E-state index is 12.3. The monoisotopic (exact) mass is 510 g/mol. The van der Waals surface area contributed by atoms with Crippen molar-refractivity contribution in [3.8, 4) is 11.1 Å². The highest BCUT2D eigenvalue weighted by Crippen LogP contribution is 2.41. The van der Waals surface area contributed by atoms with Gasteiger partial charge in [0, 0.05) is 29.3 Å². The normalized spacial score (nSPS) is 14.1. The van der Waals surface area contributed by atoms with Crippen LogP contribution in [0, 0.1) is 0 Å². The second-order valence-corrected chi connectivity index (χ2v) is 9.53. The van der Waals surface area contributed by atoms with Crippen LogP contribution in [-0.2, 0) is 11.3 Å². The highest BCUT2D eigenvalue weighted by molar-refractivity contribution is 9.10. The van der Waals surface area contributed by atoms with Gasteiger partial charge in [-0.05, 0) is 48.8 Å². The number of aliphatic imine (C=N–C) groups is 1. The summed E-state index contributed by atoms with van der Waals surface area (Å²) in [5.41, 5.74) is 9.25. The van der Waals surface area contributed by atoms with Crippen LogP contribution in [0.3, 0.4) is 0 Å². The number of hydrogen-bond acceptors (Lipinski definition) is 6. The molecule has 1 aliphatic rings. The number of nitrogens with one attached hydrogen (secondary N) is 2. The quantitative estimate of drug-likeness (QED) is 0.433. The van der Waals surface area contributed by atoms with Crippen molar-refractivity contribution in [1.29, 1.82) is 0 Å². The zero-order valence-electron chi connectivity index (χ0n) is 18.9. The summed E-state index contributed by atoms with van der Waals surface area (Å²) >= 11 is 3.77. The molecule has 33 heavy (non-hydrogen) atoms. The summed E-state index contributed by atoms with van der Waals surface area (Å²) in [5, 5.41) is 7.21. The van der Waals surface area contributed by atoms with Crippen molar-refractivity contribution >= 4 is 44.6 Å². The zero-order chi connectivity index (χ0) is 23.8. The molecule has 0 radical (unpaired) electrons. The molecule has 1 amide bonds. The predicted molar refractivity (Wildman–Crippen MR) is 135 cm³/mol. The van der Waals surface area contributed by atoms with Gasteiger partial charge in [-0.2, -0.15) is 0 Å². The van der Waals surface area contributed by atoms with E-state index in [1.807, 2.05) is 55.8 Å². The number of para-hydroxylation sites is 1. The predicted octanol–water partition coefficient (Wildman–Crippen LogP) is 4.63. The van der Waals surface area contributed by atoms with Crippen LogP contribution in [0.25, 0.3) is 22.0 Å². The van der Waals surface area contributed by atoms with Crippen molar-refractivity contribution in [3.05, 3.63) is 59.4 Å². The molecule has 2 aromatic heterocycles. The van der Waals surface area contributed by atoms with E-state index < -0.39 is 11.7 Å². The number of carbonyl (C=O) groups excluding carboxylic acids is 1. The summed E-state index contributed by atoms with van der Waals surface area (Å²) in [4.78, 5) is 21.3. The smallest absolute Gasteiger partial charge is 0.408 e. The number of nitrogens with two attached hydrogens (primary N) is 1. The molecule has 1 aromatic carbocycles. The number of hydrogen-bond donors (Lipinski definition) is 3. The molecule has 8 nitrogen and oxygen atoms in total. The van der Waals surface area contributed by atoms with Crippen LogP contribution in [0.4, 0.5) is 10.6 Å². The number of rotatable bonds is 5. The molecule has 1 atom stereocenters. The van der Waals surface area contributed by atoms with E-state index in [1.165, 1.54) is 0 Å². The number of aromatic nitrogens is 2. The van der Waals surface area contributed by atoms with Crippen LogP contribution in [0.15, 0.2) is 58.8 Å².